The molecule has 3 aliphatic heterocycles. The van der Waals surface area contributed by atoms with Crippen LogP contribution in [0.5, 0.6) is 0 Å². The number of rotatable bonds is 6. The van der Waals surface area contributed by atoms with E-state index in [-0.39, 0.29) is 23.6 Å². The second-order valence-electron chi connectivity index (χ2n) is 8.70. The number of carbonyl (C=O) groups excluding carboxylic acids is 2. The summed E-state index contributed by atoms with van der Waals surface area (Å²) in [5.41, 5.74) is 0.922. The van der Waals surface area contributed by atoms with Crippen molar-refractivity contribution in [3.63, 3.8) is 0 Å². The Bertz CT molecular complexity index is 907. The molecule has 0 aromatic heterocycles. The van der Waals surface area contributed by atoms with Crippen LogP contribution >= 0.6 is 0 Å². The first-order valence-corrected chi connectivity index (χ1v) is 10.4. The minimum atomic E-state index is -0.888. The van der Waals surface area contributed by atoms with Gasteiger partial charge in [0.2, 0.25) is 0 Å². The molecule has 0 radical (unpaired) electrons. The zero-order chi connectivity index (χ0) is 21.3. The number of piperidine rings is 3. The second kappa shape index (κ2) is 8.26. The number of benzene rings is 2. The van der Waals surface area contributed by atoms with Crippen molar-refractivity contribution in [1.82, 2.24) is 0 Å². The van der Waals surface area contributed by atoms with E-state index < -0.39 is 17.7 Å². The molecule has 3 saturated heterocycles. The Morgan fingerprint density at radius 2 is 1.60 bits per heavy atom. The molecule has 4 nitrogen and oxygen atoms in total. The maximum absolute atomic E-state index is 13.9. The lowest BCUT2D eigenvalue weighted by molar-refractivity contribution is -0.938. The Morgan fingerprint density at radius 1 is 1.03 bits per heavy atom. The molecule has 30 heavy (non-hydrogen) atoms. The molecule has 1 atom stereocenters. The van der Waals surface area contributed by atoms with E-state index in [2.05, 4.69) is 0 Å². The van der Waals surface area contributed by atoms with Gasteiger partial charge in [-0.1, -0.05) is 24.3 Å². The fourth-order valence-electron chi connectivity index (χ4n) is 5.12. The van der Waals surface area contributed by atoms with Gasteiger partial charge in [0.05, 0.1) is 19.6 Å². The Labute approximate surface area is 175 Å². The predicted molar refractivity (Wildman–Crippen MR) is 107 cm³/mol. The van der Waals surface area contributed by atoms with Crippen LogP contribution in [0.4, 0.5) is 8.78 Å². The normalized spacial score (nSPS) is 25.3. The van der Waals surface area contributed by atoms with Crippen molar-refractivity contribution in [2.45, 2.75) is 25.9 Å². The standard InChI is InChI=1S/C24H26F2NO3/c1-16(28)14-27-10-8-17(9-11-27)22(15-27)24(29)30-23(18-4-2-6-20(25)12-18)19-5-3-7-21(26)13-19/h2-7,12-13,17,22-23H,8-11,14-15H2,1H3/q+1. The van der Waals surface area contributed by atoms with Crippen molar-refractivity contribution < 1.29 is 27.6 Å². The molecule has 0 spiro atoms. The van der Waals surface area contributed by atoms with E-state index in [9.17, 15) is 18.4 Å². The van der Waals surface area contributed by atoms with Crippen molar-refractivity contribution in [3.8, 4) is 0 Å². The van der Waals surface area contributed by atoms with Crippen molar-refractivity contribution >= 4 is 11.8 Å². The van der Waals surface area contributed by atoms with Crippen LogP contribution in [-0.4, -0.2) is 42.4 Å². The quantitative estimate of drug-likeness (QED) is 0.529. The summed E-state index contributed by atoms with van der Waals surface area (Å²) in [6, 6.07) is 11.7. The van der Waals surface area contributed by atoms with Gasteiger partial charge in [-0.25, -0.2) is 8.78 Å². The van der Waals surface area contributed by atoms with Crippen LogP contribution < -0.4 is 0 Å². The molecule has 0 amide bonds. The lowest BCUT2D eigenvalue weighted by Crippen LogP contribution is -2.64. The van der Waals surface area contributed by atoms with Crippen molar-refractivity contribution in [1.29, 1.82) is 0 Å². The zero-order valence-electron chi connectivity index (χ0n) is 17.0. The highest BCUT2D eigenvalue weighted by Crippen LogP contribution is 2.39. The fourth-order valence-corrected chi connectivity index (χ4v) is 5.12. The minimum absolute atomic E-state index is 0.125. The number of ketones is 1. The van der Waals surface area contributed by atoms with Gasteiger partial charge in [-0.3, -0.25) is 9.59 Å². The van der Waals surface area contributed by atoms with Gasteiger partial charge in [0, 0.05) is 19.8 Å². The van der Waals surface area contributed by atoms with Gasteiger partial charge >= 0.3 is 5.97 Å². The van der Waals surface area contributed by atoms with Crippen LogP contribution in [0.15, 0.2) is 48.5 Å². The number of carbonyl (C=O) groups is 2. The van der Waals surface area contributed by atoms with Crippen LogP contribution in [-0.2, 0) is 14.3 Å². The highest BCUT2D eigenvalue weighted by molar-refractivity contribution is 5.77. The summed E-state index contributed by atoms with van der Waals surface area (Å²) in [4.78, 5) is 25.0. The molecule has 1 unspecified atom stereocenters. The first-order valence-electron chi connectivity index (χ1n) is 10.4. The number of esters is 1. The summed E-state index contributed by atoms with van der Waals surface area (Å²) in [5, 5.41) is 0. The number of quaternary nitrogens is 1. The summed E-state index contributed by atoms with van der Waals surface area (Å²) in [7, 11) is 0. The lowest BCUT2D eigenvalue weighted by Gasteiger charge is -2.51. The van der Waals surface area contributed by atoms with E-state index in [0.29, 0.717) is 28.7 Å². The molecule has 3 heterocycles. The zero-order valence-corrected chi connectivity index (χ0v) is 17.0. The van der Waals surface area contributed by atoms with Crippen molar-refractivity contribution in [2.24, 2.45) is 11.8 Å². The van der Waals surface area contributed by atoms with Gasteiger partial charge < -0.3 is 9.22 Å². The van der Waals surface area contributed by atoms with Crippen LogP contribution in [0.3, 0.4) is 0 Å². The summed E-state index contributed by atoms with van der Waals surface area (Å²) in [5.74, 6) is -1.21. The number of halogens is 2. The Kier molecular flexibility index (Phi) is 5.69. The van der Waals surface area contributed by atoms with E-state index in [1.54, 1.807) is 31.2 Å². The number of nitrogens with zero attached hydrogens (tertiary/aromatic N) is 1. The molecule has 6 heteroatoms. The van der Waals surface area contributed by atoms with E-state index in [0.717, 1.165) is 25.9 Å². The van der Waals surface area contributed by atoms with Gasteiger partial charge in [-0.15, -0.1) is 0 Å². The average molecular weight is 414 g/mol. The molecule has 2 bridgehead atoms. The maximum atomic E-state index is 13.9. The second-order valence-corrected chi connectivity index (χ2v) is 8.70. The van der Waals surface area contributed by atoms with E-state index in [1.165, 1.54) is 24.3 Å². The van der Waals surface area contributed by atoms with E-state index in [1.807, 2.05) is 0 Å². The molecule has 5 rings (SSSR count). The van der Waals surface area contributed by atoms with Gasteiger partial charge in [0.1, 0.15) is 24.1 Å². The first kappa shape index (κ1) is 20.7. The molecule has 2 aromatic rings. The topological polar surface area (TPSA) is 43.4 Å². The first-order chi connectivity index (χ1) is 14.3. The average Bonchev–Trinajstić information content (AvgIpc) is 2.71. The van der Waals surface area contributed by atoms with Gasteiger partial charge in [-0.05, 0) is 41.3 Å². The van der Waals surface area contributed by atoms with Crippen LogP contribution in [0.25, 0.3) is 0 Å². The third-order valence-corrected chi connectivity index (χ3v) is 6.50. The van der Waals surface area contributed by atoms with Gasteiger partial charge in [0.15, 0.2) is 11.9 Å². The summed E-state index contributed by atoms with van der Waals surface area (Å²) >= 11 is 0. The largest absolute Gasteiger partial charge is 0.452 e. The third kappa shape index (κ3) is 4.29. The number of ether oxygens (including phenoxy) is 1. The summed E-state index contributed by atoms with van der Waals surface area (Å²) < 4.78 is 34.3. The lowest BCUT2D eigenvalue weighted by atomic mass is 9.77. The monoisotopic (exact) mass is 414 g/mol. The molecule has 0 N–H and O–H groups in total. The molecule has 0 aliphatic carbocycles. The summed E-state index contributed by atoms with van der Waals surface area (Å²) in [6.45, 7) is 4.43. The molecule has 158 valence electrons. The highest BCUT2D eigenvalue weighted by Gasteiger charge is 2.50. The van der Waals surface area contributed by atoms with E-state index >= 15 is 0 Å². The third-order valence-electron chi connectivity index (χ3n) is 6.50. The minimum Gasteiger partial charge on any atom is -0.452 e. The highest BCUT2D eigenvalue weighted by atomic mass is 19.1. The molecular weight excluding hydrogens is 388 g/mol. The van der Waals surface area contributed by atoms with Crippen molar-refractivity contribution in [3.05, 3.63) is 71.3 Å². The molecule has 0 saturated carbocycles. The van der Waals surface area contributed by atoms with Crippen LogP contribution in [0.2, 0.25) is 0 Å². The molecule has 3 fully saturated rings. The Hall–Kier alpha value is -2.60. The maximum Gasteiger partial charge on any atom is 0.315 e. The SMILES string of the molecule is CC(=O)C[N+]12CCC(CC1)C(C(=O)OC(c1cccc(F)c1)c1cccc(F)c1)C2. The van der Waals surface area contributed by atoms with E-state index in [4.69, 9.17) is 4.74 Å². The Morgan fingerprint density at radius 3 is 2.10 bits per heavy atom. The van der Waals surface area contributed by atoms with Gasteiger partial charge in [0.25, 0.3) is 0 Å². The number of Topliss-reactive ketones (excluding diaryl/α,β-unsaturated/α-hetero) is 1. The predicted octanol–water partition coefficient (Wildman–Crippen LogP) is 4.04. The van der Waals surface area contributed by atoms with Crippen LogP contribution in [0.1, 0.15) is 37.0 Å². The molecule has 3 aliphatic rings. The molecular formula is C24H26F2NO3+. The van der Waals surface area contributed by atoms with Crippen LogP contribution in [0, 0.1) is 23.5 Å². The number of hydrogen-bond donors (Lipinski definition) is 0. The number of hydrogen-bond acceptors (Lipinski definition) is 3. The molecule has 2 aromatic carbocycles. The fraction of sp³-hybridized carbons (Fsp3) is 0.417. The van der Waals surface area contributed by atoms with Gasteiger partial charge in [-0.2, -0.15) is 0 Å². The number of fused-ring (bicyclic) bond motifs is 3. The smallest absolute Gasteiger partial charge is 0.315 e. The summed E-state index contributed by atoms with van der Waals surface area (Å²) in [6.07, 6.45) is 0.885. The Balaban J connectivity index is 1.60. The van der Waals surface area contributed by atoms with Crippen molar-refractivity contribution in [2.75, 3.05) is 26.2 Å².